The zero-order valence-electron chi connectivity index (χ0n) is 13.6. The molecule has 0 radical (unpaired) electrons. The Morgan fingerprint density at radius 1 is 1.00 bits per heavy atom. The lowest BCUT2D eigenvalue weighted by atomic mass is 10.2. The van der Waals surface area contributed by atoms with Crippen molar-refractivity contribution in [3.05, 3.63) is 59.8 Å². The summed E-state index contributed by atoms with van der Waals surface area (Å²) >= 11 is 0. The minimum Gasteiger partial charge on any atom is -0.494 e. The largest absolute Gasteiger partial charge is 0.494 e. The summed E-state index contributed by atoms with van der Waals surface area (Å²) in [6.45, 7) is 3.58. The number of nitrogens with zero attached hydrogens (tertiary/aromatic N) is 3. The van der Waals surface area contributed by atoms with Crippen molar-refractivity contribution in [2.75, 3.05) is 7.11 Å². The molecule has 0 fully saturated rings. The van der Waals surface area contributed by atoms with Crippen molar-refractivity contribution in [2.24, 2.45) is 0 Å². The molecule has 0 saturated heterocycles. The molecule has 3 rings (SSSR count). The van der Waals surface area contributed by atoms with Crippen LogP contribution in [0.4, 0.5) is 0 Å². The summed E-state index contributed by atoms with van der Waals surface area (Å²) in [7, 11) is -2.18. The zero-order chi connectivity index (χ0) is 17.3. The maximum Gasteiger partial charge on any atom is 0.227 e. The predicted octanol–water partition coefficient (Wildman–Crippen LogP) is 2.73. The molecule has 3 aromatic rings. The van der Waals surface area contributed by atoms with E-state index in [4.69, 9.17) is 4.74 Å². The maximum absolute atomic E-state index is 12.8. The molecule has 24 heavy (non-hydrogen) atoms. The molecule has 0 aliphatic rings. The van der Waals surface area contributed by atoms with E-state index in [1.807, 2.05) is 19.1 Å². The molecule has 0 atom stereocenters. The van der Waals surface area contributed by atoms with Crippen LogP contribution in [-0.2, 0) is 9.84 Å². The molecule has 0 amide bonds. The van der Waals surface area contributed by atoms with Gasteiger partial charge in [-0.1, -0.05) is 35.0 Å². The van der Waals surface area contributed by atoms with Crippen LogP contribution in [0, 0.1) is 13.8 Å². The van der Waals surface area contributed by atoms with Gasteiger partial charge in [-0.05, 0) is 38.1 Å². The van der Waals surface area contributed by atoms with Gasteiger partial charge in [-0.3, -0.25) is 0 Å². The number of aryl methyl sites for hydroxylation is 1. The predicted molar refractivity (Wildman–Crippen MR) is 89.3 cm³/mol. The number of methoxy groups -OCH3 is 1. The van der Waals surface area contributed by atoms with E-state index < -0.39 is 9.84 Å². The minimum absolute atomic E-state index is 0.0581. The molecule has 1 aromatic heterocycles. The van der Waals surface area contributed by atoms with Crippen LogP contribution in [0.15, 0.2) is 58.5 Å². The Morgan fingerprint density at radius 3 is 2.33 bits per heavy atom. The van der Waals surface area contributed by atoms with Gasteiger partial charge < -0.3 is 4.74 Å². The van der Waals surface area contributed by atoms with Gasteiger partial charge in [0.25, 0.3) is 0 Å². The van der Waals surface area contributed by atoms with Gasteiger partial charge in [0, 0.05) is 0 Å². The van der Waals surface area contributed by atoms with Crippen molar-refractivity contribution in [3.8, 4) is 11.4 Å². The third-order valence-electron chi connectivity index (χ3n) is 3.75. The first-order chi connectivity index (χ1) is 11.4. The molecule has 0 aliphatic heterocycles. The van der Waals surface area contributed by atoms with Gasteiger partial charge in [0.15, 0.2) is 0 Å². The van der Waals surface area contributed by atoms with Crippen LogP contribution in [0.3, 0.4) is 0 Å². The Balaban J connectivity index is 2.12. The highest BCUT2D eigenvalue weighted by atomic mass is 32.2. The average molecular weight is 343 g/mol. The summed E-state index contributed by atoms with van der Waals surface area (Å²) in [5.74, 6) is 0.588. The Hall–Kier alpha value is -2.67. The lowest BCUT2D eigenvalue weighted by Crippen LogP contribution is -2.06. The van der Waals surface area contributed by atoms with Crippen molar-refractivity contribution >= 4 is 9.84 Å². The monoisotopic (exact) mass is 343 g/mol. The van der Waals surface area contributed by atoms with Crippen LogP contribution in [0.1, 0.15) is 11.3 Å². The highest BCUT2D eigenvalue weighted by molar-refractivity contribution is 7.91. The lowest BCUT2D eigenvalue weighted by Gasteiger charge is -2.09. The van der Waals surface area contributed by atoms with Crippen LogP contribution in [0.25, 0.3) is 5.69 Å². The highest BCUT2D eigenvalue weighted by Crippen LogP contribution is 2.27. The Morgan fingerprint density at radius 2 is 1.67 bits per heavy atom. The Labute approximate surface area is 140 Å². The second kappa shape index (κ2) is 6.09. The molecular weight excluding hydrogens is 326 g/mol. The fraction of sp³-hybridized carbons (Fsp3) is 0.176. The number of para-hydroxylation sites is 2. The van der Waals surface area contributed by atoms with E-state index in [9.17, 15) is 8.42 Å². The smallest absolute Gasteiger partial charge is 0.227 e. The van der Waals surface area contributed by atoms with Gasteiger partial charge in [0.2, 0.25) is 14.9 Å². The number of hydrogen-bond acceptors (Lipinski definition) is 5. The molecule has 0 saturated carbocycles. The molecule has 124 valence electrons. The number of ether oxygens (including phenoxy) is 1. The summed E-state index contributed by atoms with van der Waals surface area (Å²) < 4.78 is 32.4. The lowest BCUT2D eigenvalue weighted by molar-refractivity contribution is 0.411. The van der Waals surface area contributed by atoms with Gasteiger partial charge in [-0.15, -0.1) is 5.10 Å². The van der Waals surface area contributed by atoms with Crippen molar-refractivity contribution in [2.45, 2.75) is 23.8 Å². The zero-order valence-corrected chi connectivity index (χ0v) is 14.4. The standard InChI is InChI=1S/C17H17N3O3S/c1-12-8-10-14(11-9-12)24(21,22)17-13(2)20(19-18-17)15-6-4-5-7-16(15)23-3/h4-11H,1-3H3. The first-order valence-corrected chi connectivity index (χ1v) is 8.81. The number of hydrogen-bond donors (Lipinski definition) is 0. The molecule has 0 bridgehead atoms. The Kier molecular flexibility index (Phi) is 4.11. The first-order valence-electron chi connectivity index (χ1n) is 7.32. The van der Waals surface area contributed by atoms with Crippen LogP contribution in [-0.4, -0.2) is 30.5 Å². The minimum atomic E-state index is -3.73. The normalized spacial score (nSPS) is 11.5. The number of aromatic nitrogens is 3. The Bertz CT molecular complexity index is 977. The van der Waals surface area contributed by atoms with E-state index in [-0.39, 0.29) is 9.92 Å². The second-order valence-corrected chi connectivity index (χ2v) is 7.25. The first kappa shape index (κ1) is 16.2. The molecule has 2 aromatic carbocycles. The summed E-state index contributed by atoms with van der Waals surface area (Å²) in [5.41, 5.74) is 2.05. The maximum atomic E-state index is 12.8. The van der Waals surface area contributed by atoms with E-state index in [0.29, 0.717) is 17.1 Å². The van der Waals surface area contributed by atoms with Crippen molar-refractivity contribution in [3.63, 3.8) is 0 Å². The van der Waals surface area contributed by atoms with Gasteiger partial charge in [0.05, 0.1) is 17.7 Å². The molecule has 7 heteroatoms. The van der Waals surface area contributed by atoms with Crippen molar-refractivity contribution < 1.29 is 13.2 Å². The highest BCUT2D eigenvalue weighted by Gasteiger charge is 2.26. The third kappa shape index (κ3) is 2.67. The van der Waals surface area contributed by atoms with Crippen LogP contribution >= 0.6 is 0 Å². The van der Waals surface area contributed by atoms with E-state index in [1.54, 1.807) is 50.4 Å². The van der Waals surface area contributed by atoms with Gasteiger partial charge in [-0.25, -0.2) is 13.1 Å². The number of benzene rings is 2. The summed E-state index contributed by atoms with van der Waals surface area (Å²) in [6.07, 6.45) is 0. The van der Waals surface area contributed by atoms with E-state index in [2.05, 4.69) is 10.3 Å². The van der Waals surface area contributed by atoms with E-state index in [0.717, 1.165) is 5.56 Å². The van der Waals surface area contributed by atoms with Crippen LogP contribution in [0.2, 0.25) is 0 Å². The van der Waals surface area contributed by atoms with Gasteiger partial charge in [-0.2, -0.15) is 0 Å². The van der Waals surface area contributed by atoms with Gasteiger partial charge >= 0.3 is 0 Å². The van der Waals surface area contributed by atoms with Crippen LogP contribution < -0.4 is 4.74 Å². The summed E-state index contributed by atoms with van der Waals surface area (Å²) in [4.78, 5) is 0.197. The fourth-order valence-electron chi connectivity index (χ4n) is 2.43. The number of rotatable bonds is 4. The summed E-state index contributed by atoms with van der Waals surface area (Å²) in [5, 5.41) is 7.86. The molecule has 6 nitrogen and oxygen atoms in total. The molecular formula is C17H17N3O3S. The average Bonchev–Trinajstić information content (AvgIpc) is 2.97. The molecule has 0 N–H and O–H groups in total. The molecule has 0 aliphatic carbocycles. The van der Waals surface area contributed by atoms with Gasteiger partial charge in [0.1, 0.15) is 11.4 Å². The summed E-state index contributed by atoms with van der Waals surface area (Å²) in [6, 6.07) is 13.9. The molecule has 0 spiro atoms. The second-order valence-electron chi connectivity index (χ2n) is 5.38. The molecule has 1 heterocycles. The quantitative estimate of drug-likeness (QED) is 0.728. The fourth-order valence-corrected chi connectivity index (χ4v) is 3.76. The van der Waals surface area contributed by atoms with Crippen molar-refractivity contribution in [1.82, 2.24) is 15.0 Å². The van der Waals surface area contributed by atoms with Crippen molar-refractivity contribution in [1.29, 1.82) is 0 Å². The van der Waals surface area contributed by atoms with E-state index in [1.165, 1.54) is 4.68 Å². The molecule has 0 unspecified atom stereocenters. The van der Waals surface area contributed by atoms with Crippen LogP contribution in [0.5, 0.6) is 5.75 Å². The number of sulfone groups is 1. The third-order valence-corrected chi connectivity index (χ3v) is 5.53. The SMILES string of the molecule is COc1ccccc1-n1nnc(S(=O)(=O)c2ccc(C)cc2)c1C. The topological polar surface area (TPSA) is 74.1 Å². The van der Waals surface area contributed by atoms with E-state index >= 15 is 0 Å².